The zero-order valence-electron chi connectivity index (χ0n) is 15.2. The Kier molecular flexibility index (Phi) is 8.90. The number of aliphatic imine (C=N–C) groups is 1. The van der Waals surface area contributed by atoms with Gasteiger partial charge in [0.15, 0.2) is 5.96 Å². The normalized spacial score (nSPS) is 14.0. The summed E-state index contributed by atoms with van der Waals surface area (Å²) in [5.74, 6) is 1.65. The molecule has 6 nitrogen and oxygen atoms in total. The van der Waals surface area contributed by atoms with Crippen molar-refractivity contribution >= 4 is 29.9 Å². The number of rotatable bonds is 9. The molecule has 1 saturated carbocycles. The van der Waals surface area contributed by atoms with Crippen LogP contribution in [-0.4, -0.2) is 42.5 Å². The van der Waals surface area contributed by atoms with E-state index in [0.717, 1.165) is 50.3 Å². The summed E-state index contributed by atoms with van der Waals surface area (Å²) in [6.07, 6.45) is 7.40. The Morgan fingerprint density at radius 3 is 2.73 bits per heavy atom. The Morgan fingerprint density at radius 1 is 1.27 bits per heavy atom. The highest BCUT2D eigenvalue weighted by Crippen LogP contribution is 2.28. The molecule has 1 heterocycles. The number of guanidine groups is 1. The predicted octanol–water partition coefficient (Wildman–Crippen LogP) is 2.97. The van der Waals surface area contributed by atoms with Crippen LogP contribution < -0.4 is 10.6 Å². The monoisotopic (exact) mass is 469 g/mol. The van der Waals surface area contributed by atoms with Crippen LogP contribution in [-0.2, 0) is 11.3 Å². The van der Waals surface area contributed by atoms with Crippen LogP contribution in [0.25, 0.3) is 5.69 Å². The number of aromatic nitrogens is 2. The van der Waals surface area contributed by atoms with Crippen molar-refractivity contribution in [3.63, 3.8) is 0 Å². The molecule has 0 bridgehead atoms. The van der Waals surface area contributed by atoms with Gasteiger partial charge in [0.1, 0.15) is 0 Å². The zero-order valence-corrected chi connectivity index (χ0v) is 17.6. The topological polar surface area (TPSA) is 63.5 Å². The van der Waals surface area contributed by atoms with Crippen LogP contribution in [0.5, 0.6) is 0 Å². The molecule has 1 aromatic carbocycles. The van der Waals surface area contributed by atoms with Gasteiger partial charge in [-0.3, -0.25) is 4.99 Å². The van der Waals surface area contributed by atoms with Gasteiger partial charge in [-0.05, 0) is 48.9 Å². The quantitative estimate of drug-likeness (QED) is 0.257. The molecule has 2 N–H and O–H groups in total. The van der Waals surface area contributed by atoms with Crippen LogP contribution in [0.1, 0.15) is 24.8 Å². The summed E-state index contributed by atoms with van der Waals surface area (Å²) in [7, 11) is 1.79. The van der Waals surface area contributed by atoms with E-state index in [9.17, 15) is 0 Å². The Morgan fingerprint density at radius 2 is 2.08 bits per heavy atom. The van der Waals surface area contributed by atoms with Crippen LogP contribution in [0.3, 0.4) is 0 Å². The Labute approximate surface area is 172 Å². The van der Waals surface area contributed by atoms with Crippen molar-refractivity contribution < 1.29 is 4.74 Å². The highest BCUT2D eigenvalue weighted by molar-refractivity contribution is 14.0. The number of halogens is 1. The lowest BCUT2D eigenvalue weighted by atomic mass is 10.2. The van der Waals surface area contributed by atoms with E-state index in [0.29, 0.717) is 0 Å². The summed E-state index contributed by atoms with van der Waals surface area (Å²) in [4.78, 5) is 4.26. The molecule has 1 aliphatic carbocycles. The molecule has 2 aromatic rings. The van der Waals surface area contributed by atoms with Gasteiger partial charge in [-0.1, -0.05) is 12.1 Å². The second-order valence-corrected chi connectivity index (χ2v) is 6.34. The summed E-state index contributed by atoms with van der Waals surface area (Å²) < 4.78 is 7.49. The van der Waals surface area contributed by atoms with E-state index >= 15 is 0 Å². The molecule has 1 aromatic heterocycles. The van der Waals surface area contributed by atoms with Crippen molar-refractivity contribution in [2.45, 2.75) is 25.8 Å². The van der Waals surface area contributed by atoms with Gasteiger partial charge in [-0.2, -0.15) is 5.10 Å². The average Bonchev–Trinajstić information content (AvgIpc) is 3.31. The van der Waals surface area contributed by atoms with Crippen LogP contribution in [0.4, 0.5) is 0 Å². The van der Waals surface area contributed by atoms with Crippen LogP contribution in [0.2, 0.25) is 0 Å². The van der Waals surface area contributed by atoms with Gasteiger partial charge in [-0.25, -0.2) is 4.68 Å². The molecule has 7 heteroatoms. The summed E-state index contributed by atoms with van der Waals surface area (Å²) in [5, 5.41) is 10.9. The maximum atomic E-state index is 5.64. The number of hydrogen-bond acceptors (Lipinski definition) is 3. The Hall–Kier alpha value is -1.61. The lowest BCUT2D eigenvalue weighted by Crippen LogP contribution is -2.37. The lowest BCUT2D eigenvalue weighted by Gasteiger charge is -2.12. The largest absolute Gasteiger partial charge is 0.381 e. The molecule has 1 aliphatic rings. The van der Waals surface area contributed by atoms with E-state index < -0.39 is 0 Å². The molecule has 142 valence electrons. The molecular formula is C19H28IN5O. The number of nitrogens with one attached hydrogen (secondary N) is 2. The highest BCUT2D eigenvalue weighted by atomic mass is 127. The SMILES string of the molecule is CN=C(NCCCOCC1CC1)NCc1ccc(-n2cccn2)cc1.I. The molecule has 1 fully saturated rings. The zero-order chi connectivity index (χ0) is 17.3. The maximum Gasteiger partial charge on any atom is 0.191 e. The first-order valence-electron chi connectivity index (χ1n) is 8.96. The minimum atomic E-state index is 0. The highest BCUT2D eigenvalue weighted by Gasteiger charge is 2.20. The van der Waals surface area contributed by atoms with Crippen molar-refractivity contribution in [1.82, 2.24) is 20.4 Å². The van der Waals surface area contributed by atoms with Crippen molar-refractivity contribution in [3.8, 4) is 5.69 Å². The van der Waals surface area contributed by atoms with Crippen LogP contribution in [0.15, 0.2) is 47.7 Å². The van der Waals surface area contributed by atoms with Crippen molar-refractivity contribution in [2.75, 3.05) is 26.8 Å². The third-order valence-corrected chi connectivity index (χ3v) is 4.20. The van der Waals surface area contributed by atoms with E-state index in [1.807, 2.05) is 16.9 Å². The van der Waals surface area contributed by atoms with E-state index in [-0.39, 0.29) is 24.0 Å². The summed E-state index contributed by atoms with van der Waals surface area (Å²) >= 11 is 0. The molecule has 26 heavy (non-hydrogen) atoms. The van der Waals surface area contributed by atoms with E-state index in [2.05, 4.69) is 45.0 Å². The van der Waals surface area contributed by atoms with Crippen molar-refractivity contribution in [2.24, 2.45) is 10.9 Å². The number of ether oxygens (including phenoxy) is 1. The van der Waals surface area contributed by atoms with Crippen LogP contribution >= 0.6 is 24.0 Å². The van der Waals surface area contributed by atoms with Crippen LogP contribution in [0, 0.1) is 5.92 Å². The number of hydrogen-bond donors (Lipinski definition) is 2. The summed E-state index contributed by atoms with van der Waals surface area (Å²) in [6.45, 7) is 3.34. The molecule has 0 saturated heterocycles. The van der Waals surface area contributed by atoms with Gasteiger partial charge in [0.05, 0.1) is 5.69 Å². The third-order valence-electron chi connectivity index (χ3n) is 4.20. The fourth-order valence-electron chi connectivity index (χ4n) is 2.51. The first-order chi connectivity index (χ1) is 12.3. The molecule has 3 rings (SSSR count). The number of benzene rings is 1. The molecular weight excluding hydrogens is 441 g/mol. The summed E-state index contributed by atoms with van der Waals surface area (Å²) in [5.41, 5.74) is 2.26. The first kappa shape index (κ1) is 20.7. The van der Waals surface area contributed by atoms with E-state index in [1.165, 1.54) is 18.4 Å². The predicted molar refractivity (Wildman–Crippen MR) is 115 cm³/mol. The molecule has 0 spiro atoms. The van der Waals surface area contributed by atoms with Gasteiger partial charge in [0.25, 0.3) is 0 Å². The fourth-order valence-corrected chi connectivity index (χ4v) is 2.51. The Bertz CT molecular complexity index is 653. The molecule has 0 amide bonds. The van der Waals surface area contributed by atoms with Gasteiger partial charge in [0.2, 0.25) is 0 Å². The Balaban J connectivity index is 0.00000243. The molecule has 0 radical (unpaired) electrons. The van der Waals surface area contributed by atoms with E-state index in [1.54, 1.807) is 13.2 Å². The first-order valence-corrected chi connectivity index (χ1v) is 8.96. The summed E-state index contributed by atoms with van der Waals surface area (Å²) in [6, 6.07) is 10.3. The minimum absolute atomic E-state index is 0. The molecule has 0 atom stereocenters. The third kappa shape index (κ3) is 6.95. The van der Waals surface area contributed by atoms with Gasteiger partial charge in [0, 0.05) is 45.7 Å². The lowest BCUT2D eigenvalue weighted by molar-refractivity contribution is 0.123. The average molecular weight is 469 g/mol. The van der Waals surface area contributed by atoms with Gasteiger partial charge >= 0.3 is 0 Å². The van der Waals surface area contributed by atoms with Gasteiger partial charge in [-0.15, -0.1) is 24.0 Å². The van der Waals surface area contributed by atoms with Crippen molar-refractivity contribution in [1.29, 1.82) is 0 Å². The number of nitrogens with zero attached hydrogens (tertiary/aromatic N) is 3. The smallest absolute Gasteiger partial charge is 0.191 e. The second kappa shape index (κ2) is 11.2. The second-order valence-electron chi connectivity index (χ2n) is 6.34. The fraction of sp³-hybridized carbons (Fsp3) is 0.474. The standard InChI is InChI=1S/C19H27N5O.HI/c1-20-19(21-10-3-13-25-15-17-4-5-17)22-14-16-6-8-18(9-7-16)24-12-2-11-23-24;/h2,6-9,11-12,17H,3-5,10,13-15H2,1H3,(H2,20,21,22);1H. The maximum absolute atomic E-state index is 5.64. The molecule has 0 aliphatic heterocycles. The van der Waals surface area contributed by atoms with E-state index in [4.69, 9.17) is 4.74 Å². The minimum Gasteiger partial charge on any atom is -0.381 e. The van der Waals surface area contributed by atoms with Gasteiger partial charge < -0.3 is 15.4 Å². The van der Waals surface area contributed by atoms with Crippen molar-refractivity contribution in [3.05, 3.63) is 48.3 Å². The molecule has 0 unspecified atom stereocenters.